The van der Waals surface area contributed by atoms with Crippen molar-refractivity contribution in [3.05, 3.63) is 70.3 Å². The van der Waals surface area contributed by atoms with Crippen molar-refractivity contribution in [1.82, 2.24) is 14.9 Å². The Labute approximate surface area is 200 Å². The number of nitrogens with one attached hydrogen (secondary N) is 2. The normalized spacial score (nSPS) is 11.4. The summed E-state index contributed by atoms with van der Waals surface area (Å²) < 4.78 is 42.0. The van der Waals surface area contributed by atoms with Crippen LogP contribution in [-0.4, -0.2) is 53.3 Å². The second kappa shape index (κ2) is 11.5. The van der Waals surface area contributed by atoms with Gasteiger partial charge < -0.3 is 20.3 Å². The number of benzene rings is 2. The Hall–Kier alpha value is -3.93. The molecule has 2 N–H and O–H groups in total. The predicted molar refractivity (Wildman–Crippen MR) is 126 cm³/mol. The molecule has 0 saturated carbocycles. The van der Waals surface area contributed by atoms with Crippen molar-refractivity contribution in [2.24, 2.45) is 0 Å². The Morgan fingerprint density at radius 2 is 1.83 bits per heavy atom. The van der Waals surface area contributed by atoms with Gasteiger partial charge in [0, 0.05) is 36.9 Å². The molecule has 186 valence electrons. The Kier molecular flexibility index (Phi) is 8.42. The SMILES string of the molecule is CN(C)CCCNc1nc(NCc2cccc([N+](=O)[O-])c2)cc(-c2cccc(OC(F)(F)F)c2)n1. The summed E-state index contributed by atoms with van der Waals surface area (Å²) in [5, 5.41) is 17.3. The number of hydrogen-bond donors (Lipinski definition) is 2. The van der Waals surface area contributed by atoms with E-state index in [9.17, 15) is 23.3 Å². The summed E-state index contributed by atoms with van der Waals surface area (Å²) in [5.41, 5.74) is 1.42. The van der Waals surface area contributed by atoms with E-state index in [0.29, 0.717) is 35.1 Å². The highest BCUT2D eigenvalue weighted by Crippen LogP contribution is 2.29. The molecule has 0 aliphatic rings. The molecule has 0 spiro atoms. The largest absolute Gasteiger partial charge is 0.573 e. The van der Waals surface area contributed by atoms with Gasteiger partial charge in [-0.1, -0.05) is 24.3 Å². The molecule has 1 aromatic heterocycles. The molecule has 0 saturated heterocycles. The van der Waals surface area contributed by atoms with Crippen molar-refractivity contribution in [3.63, 3.8) is 0 Å². The van der Waals surface area contributed by atoms with Crippen LogP contribution in [0.4, 0.5) is 30.6 Å². The van der Waals surface area contributed by atoms with Crippen molar-refractivity contribution >= 4 is 17.5 Å². The zero-order valence-electron chi connectivity index (χ0n) is 19.2. The third-order valence-electron chi connectivity index (χ3n) is 4.75. The van der Waals surface area contributed by atoms with Crippen LogP contribution >= 0.6 is 0 Å². The summed E-state index contributed by atoms with van der Waals surface area (Å²) in [6.07, 6.45) is -3.99. The molecule has 3 rings (SSSR count). The molecule has 0 unspecified atom stereocenters. The zero-order chi connectivity index (χ0) is 25.4. The fraction of sp³-hybridized carbons (Fsp3) is 0.304. The van der Waals surface area contributed by atoms with E-state index in [2.05, 4.69) is 25.3 Å². The van der Waals surface area contributed by atoms with E-state index < -0.39 is 11.3 Å². The van der Waals surface area contributed by atoms with Gasteiger partial charge in [-0.15, -0.1) is 13.2 Å². The van der Waals surface area contributed by atoms with Gasteiger partial charge in [-0.25, -0.2) is 4.98 Å². The van der Waals surface area contributed by atoms with Gasteiger partial charge in [0.25, 0.3) is 5.69 Å². The Balaban J connectivity index is 1.85. The minimum absolute atomic E-state index is 0.0302. The number of anilines is 2. The van der Waals surface area contributed by atoms with E-state index in [4.69, 9.17) is 0 Å². The molecule has 0 radical (unpaired) electrons. The van der Waals surface area contributed by atoms with Gasteiger partial charge in [-0.05, 0) is 44.8 Å². The number of ether oxygens (including phenoxy) is 1. The fourth-order valence-corrected chi connectivity index (χ4v) is 3.19. The number of aromatic nitrogens is 2. The molecule has 0 amide bonds. The number of alkyl halides is 3. The average Bonchev–Trinajstić information content (AvgIpc) is 2.79. The van der Waals surface area contributed by atoms with Gasteiger partial charge in [-0.3, -0.25) is 10.1 Å². The van der Waals surface area contributed by atoms with Crippen LogP contribution < -0.4 is 15.4 Å². The highest BCUT2D eigenvalue weighted by Gasteiger charge is 2.31. The lowest BCUT2D eigenvalue weighted by atomic mass is 10.1. The first-order valence-electron chi connectivity index (χ1n) is 10.7. The topological polar surface area (TPSA) is 105 Å². The Bertz CT molecular complexity index is 1160. The van der Waals surface area contributed by atoms with Crippen LogP contribution in [0.3, 0.4) is 0 Å². The van der Waals surface area contributed by atoms with Gasteiger partial charge in [-0.2, -0.15) is 4.98 Å². The first-order chi connectivity index (χ1) is 16.6. The minimum atomic E-state index is -4.81. The van der Waals surface area contributed by atoms with Crippen molar-refractivity contribution < 1.29 is 22.8 Å². The lowest BCUT2D eigenvalue weighted by Crippen LogP contribution is -2.17. The Morgan fingerprint density at radius 3 is 2.54 bits per heavy atom. The smallest absolute Gasteiger partial charge is 0.406 e. The number of hydrogen-bond acceptors (Lipinski definition) is 8. The minimum Gasteiger partial charge on any atom is -0.406 e. The highest BCUT2D eigenvalue weighted by atomic mass is 19.4. The molecule has 0 atom stereocenters. The molecule has 1 heterocycles. The maximum absolute atomic E-state index is 12.7. The maximum atomic E-state index is 12.7. The molecular formula is C23H25F3N6O3. The van der Waals surface area contributed by atoms with Crippen LogP contribution in [-0.2, 0) is 6.54 Å². The van der Waals surface area contributed by atoms with Crippen molar-refractivity contribution in [2.45, 2.75) is 19.3 Å². The van der Waals surface area contributed by atoms with Gasteiger partial charge in [0.05, 0.1) is 10.6 Å². The van der Waals surface area contributed by atoms with Crippen molar-refractivity contribution in [1.29, 1.82) is 0 Å². The molecule has 3 aromatic rings. The number of nitro groups is 1. The maximum Gasteiger partial charge on any atom is 0.573 e. The van der Waals surface area contributed by atoms with Gasteiger partial charge in [0.1, 0.15) is 11.6 Å². The molecule has 0 aliphatic carbocycles. The predicted octanol–water partition coefficient (Wildman–Crippen LogP) is 4.93. The molecule has 0 bridgehead atoms. The molecule has 2 aromatic carbocycles. The van der Waals surface area contributed by atoms with E-state index in [1.54, 1.807) is 24.3 Å². The lowest BCUT2D eigenvalue weighted by Gasteiger charge is -2.14. The third kappa shape index (κ3) is 8.41. The van der Waals surface area contributed by atoms with Crippen LogP contribution in [0.1, 0.15) is 12.0 Å². The van der Waals surface area contributed by atoms with E-state index in [1.807, 2.05) is 19.0 Å². The second-order valence-electron chi connectivity index (χ2n) is 7.90. The summed E-state index contributed by atoms with van der Waals surface area (Å²) >= 11 is 0. The first-order valence-corrected chi connectivity index (χ1v) is 10.7. The monoisotopic (exact) mass is 490 g/mol. The summed E-state index contributed by atoms with van der Waals surface area (Å²) in [6, 6.07) is 13.3. The van der Waals surface area contributed by atoms with Gasteiger partial charge >= 0.3 is 6.36 Å². The van der Waals surface area contributed by atoms with Crippen LogP contribution in [0.25, 0.3) is 11.3 Å². The Morgan fingerprint density at radius 1 is 1.06 bits per heavy atom. The third-order valence-corrected chi connectivity index (χ3v) is 4.75. The molecule has 35 heavy (non-hydrogen) atoms. The second-order valence-corrected chi connectivity index (χ2v) is 7.90. The number of non-ortho nitro benzene ring substituents is 1. The van der Waals surface area contributed by atoms with Crippen LogP contribution in [0.15, 0.2) is 54.6 Å². The molecule has 12 heteroatoms. The van der Waals surface area contributed by atoms with E-state index in [1.165, 1.54) is 30.3 Å². The summed E-state index contributed by atoms with van der Waals surface area (Å²) in [6.45, 7) is 1.68. The van der Waals surface area contributed by atoms with Crippen molar-refractivity contribution in [2.75, 3.05) is 37.8 Å². The summed E-state index contributed by atoms with van der Waals surface area (Å²) in [7, 11) is 3.92. The highest BCUT2D eigenvalue weighted by molar-refractivity contribution is 5.66. The number of halogens is 3. The number of nitro benzene ring substituents is 1. The molecule has 0 fully saturated rings. The van der Waals surface area contributed by atoms with Crippen LogP contribution in [0, 0.1) is 10.1 Å². The van der Waals surface area contributed by atoms with E-state index >= 15 is 0 Å². The molecular weight excluding hydrogens is 465 g/mol. The fourth-order valence-electron chi connectivity index (χ4n) is 3.19. The quantitative estimate of drug-likeness (QED) is 0.222. The lowest BCUT2D eigenvalue weighted by molar-refractivity contribution is -0.384. The zero-order valence-corrected chi connectivity index (χ0v) is 19.2. The van der Waals surface area contributed by atoms with Gasteiger partial charge in [0.2, 0.25) is 5.95 Å². The molecule has 0 aliphatic heterocycles. The number of rotatable bonds is 11. The van der Waals surface area contributed by atoms with E-state index in [0.717, 1.165) is 13.0 Å². The molecule has 9 nitrogen and oxygen atoms in total. The van der Waals surface area contributed by atoms with E-state index in [-0.39, 0.29) is 18.0 Å². The number of nitrogens with zero attached hydrogens (tertiary/aromatic N) is 4. The first kappa shape index (κ1) is 25.7. The average molecular weight is 490 g/mol. The van der Waals surface area contributed by atoms with Crippen LogP contribution in [0.5, 0.6) is 5.75 Å². The summed E-state index contributed by atoms with van der Waals surface area (Å²) in [4.78, 5) is 21.5. The van der Waals surface area contributed by atoms with Crippen LogP contribution in [0.2, 0.25) is 0 Å². The summed E-state index contributed by atoms with van der Waals surface area (Å²) in [5.74, 6) is 0.337. The van der Waals surface area contributed by atoms with Crippen molar-refractivity contribution in [3.8, 4) is 17.0 Å². The standard InChI is InChI=1S/C23H25F3N6O3/c1-31(2)11-5-10-27-22-29-20(17-7-4-9-19(13-17)35-23(24,25)26)14-21(30-22)28-15-16-6-3-8-18(12-16)32(33)34/h3-4,6-9,12-14H,5,10-11,15H2,1-2H3,(H2,27,28,29,30). The van der Waals surface area contributed by atoms with Gasteiger partial charge in [0.15, 0.2) is 0 Å².